The lowest BCUT2D eigenvalue weighted by atomic mass is 9.76. The molecule has 1 unspecified atom stereocenters. The normalized spacial score (nSPS) is 19.3. The highest BCUT2D eigenvalue weighted by atomic mass is 16.3. The number of allylic oxidation sites excluding steroid dienone is 4. The molecule has 0 saturated heterocycles. The van der Waals surface area contributed by atoms with Crippen LogP contribution < -0.4 is 0 Å². The van der Waals surface area contributed by atoms with E-state index < -0.39 is 0 Å². The molecule has 2 aromatic carbocycles. The van der Waals surface area contributed by atoms with Crippen LogP contribution in [0.4, 0.5) is 0 Å². The lowest BCUT2D eigenvalue weighted by Gasteiger charge is -2.28. The van der Waals surface area contributed by atoms with Gasteiger partial charge in [-0.1, -0.05) is 62.1 Å². The van der Waals surface area contributed by atoms with Crippen molar-refractivity contribution in [1.82, 2.24) is 0 Å². The number of aromatic hydroxyl groups is 1. The Bertz CT molecular complexity index is 826. The summed E-state index contributed by atoms with van der Waals surface area (Å²) >= 11 is 0. The summed E-state index contributed by atoms with van der Waals surface area (Å²) in [5.74, 6) is 6.80. The highest BCUT2D eigenvalue weighted by molar-refractivity contribution is 5.49. The second-order valence-corrected chi connectivity index (χ2v) is 6.46. The first-order chi connectivity index (χ1) is 11.6. The van der Waals surface area contributed by atoms with Gasteiger partial charge in [-0.15, -0.1) is 0 Å². The van der Waals surface area contributed by atoms with E-state index in [1.54, 1.807) is 12.1 Å². The van der Waals surface area contributed by atoms with Crippen LogP contribution in [0.3, 0.4) is 0 Å². The van der Waals surface area contributed by atoms with E-state index in [1.165, 1.54) is 11.1 Å². The second-order valence-electron chi connectivity index (χ2n) is 6.46. The van der Waals surface area contributed by atoms with Crippen molar-refractivity contribution >= 4 is 0 Å². The summed E-state index contributed by atoms with van der Waals surface area (Å²) in [6.45, 7) is 4.36. The molecular formula is C23H22O. The van der Waals surface area contributed by atoms with Gasteiger partial charge in [-0.05, 0) is 54.3 Å². The molecule has 2 aromatic rings. The molecule has 0 aromatic heterocycles. The molecule has 0 saturated carbocycles. The fourth-order valence-electron chi connectivity index (χ4n) is 2.85. The highest BCUT2D eigenvalue weighted by Crippen LogP contribution is 2.34. The Kier molecular flexibility index (Phi) is 4.58. The molecule has 1 aliphatic rings. The van der Waals surface area contributed by atoms with Crippen LogP contribution in [0.15, 0.2) is 72.3 Å². The van der Waals surface area contributed by atoms with Crippen molar-refractivity contribution in [2.24, 2.45) is 0 Å². The second kappa shape index (κ2) is 6.81. The van der Waals surface area contributed by atoms with E-state index >= 15 is 0 Å². The first-order valence-electron chi connectivity index (χ1n) is 8.39. The largest absolute Gasteiger partial charge is 0.508 e. The fraction of sp³-hybridized carbons (Fsp3) is 0.217. The molecule has 0 fully saturated rings. The first-order valence-corrected chi connectivity index (χ1v) is 8.39. The SMILES string of the molecule is CCc1ccc(C#CC2=CCC(C)(c3ccc(O)cc3)C=C2)cc1. The topological polar surface area (TPSA) is 20.2 Å². The van der Waals surface area contributed by atoms with E-state index in [2.05, 4.69) is 68.2 Å². The molecule has 120 valence electrons. The summed E-state index contributed by atoms with van der Waals surface area (Å²) in [4.78, 5) is 0. The number of phenolic OH excluding ortho intramolecular Hbond substituents is 1. The van der Waals surface area contributed by atoms with Crippen molar-refractivity contribution in [3.05, 3.63) is 89.0 Å². The first kappa shape index (κ1) is 16.1. The van der Waals surface area contributed by atoms with Crippen molar-refractivity contribution in [3.63, 3.8) is 0 Å². The van der Waals surface area contributed by atoms with Gasteiger partial charge >= 0.3 is 0 Å². The number of hydrogen-bond donors (Lipinski definition) is 1. The molecule has 0 bridgehead atoms. The fourth-order valence-corrected chi connectivity index (χ4v) is 2.85. The van der Waals surface area contributed by atoms with Crippen LogP contribution in [0.1, 0.15) is 37.0 Å². The third-order valence-electron chi connectivity index (χ3n) is 4.62. The quantitative estimate of drug-likeness (QED) is 0.760. The van der Waals surface area contributed by atoms with Gasteiger partial charge in [0.15, 0.2) is 0 Å². The average Bonchev–Trinajstić information content (AvgIpc) is 2.62. The highest BCUT2D eigenvalue weighted by Gasteiger charge is 2.24. The van der Waals surface area contributed by atoms with Crippen LogP contribution in [0.25, 0.3) is 0 Å². The zero-order valence-corrected chi connectivity index (χ0v) is 14.2. The summed E-state index contributed by atoms with van der Waals surface area (Å²) in [5.41, 5.74) is 4.61. The zero-order valence-electron chi connectivity index (χ0n) is 14.2. The minimum atomic E-state index is -0.0400. The van der Waals surface area contributed by atoms with Gasteiger partial charge in [0.05, 0.1) is 0 Å². The summed E-state index contributed by atoms with van der Waals surface area (Å²) in [6, 6.07) is 15.9. The molecule has 1 aliphatic carbocycles. The van der Waals surface area contributed by atoms with E-state index in [0.717, 1.165) is 24.0 Å². The Morgan fingerprint density at radius 2 is 1.71 bits per heavy atom. The van der Waals surface area contributed by atoms with E-state index in [9.17, 15) is 5.11 Å². The minimum absolute atomic E-state index is 0.0400. The molecule has 24 heavy (non-hydrogen) atoms. The van der Waals surface area contributed by atoms with E-state index in [0.29, 0.717) is 5.75 Å². The Labute approximate surface area is 144 Å². The minimum Gasteiger partial charge on any atom is -0.508 e. The standard InChI is InChI=1S/C23H22O/c1-3-18-4-6-19(7-5-18)8-9-20-14-16-23(2,17-15-20)21-10-12-22(24)13-11-21/h4-7,10-16,24H,3,17H2,1-2H3. The number of hydrogen-bond acceptors (Lipinski definition) is 1. The summed E-state index contributed by atoms with van der Waals surface area (Å²) in [5, 5.41) is 9.44. The van der Waals surface area contributed by atoms with Crippen molar-refractivity contribution in [2.45, 2.75) is 32.1 Å². The zero-order chi connectivity index (χ0) is 17.0. The van der Waals surface area contributed by atoms with Crippen molar-refractivity contribution in [3.8, 4) is 17.6 Å². The predicted molar refractivity (Wildman–Crippen MR) is 100.0 cm³/mol. The van der Waals surface area contributed by atoms with Crippen LogP contribution in [-0.2, 0) is 11.8 Å². The molecule has 0 amide bonds. The molecule has 0 aliphatic heterocycles. The van der Waals surface area contributed by atoms with Gasteiger partial charge in [-0.2, -0.15) is 0 Å². The summed E-state index contributed by atoms with van der Waals surface area (Å²) in [7, 11) is 0. The van der Waals surface area contributed by atoms with E-state index in [4.69, 9.17) is 0 Å². The van der Waals surface area contributed by atoms with Crippen LogP contribution in [0.5, 0.6) is 5.75 Å². The van der Waals surface area contributed by atoms with Crippen LogP contribution in [-0.4, -0.2) is 5.11 Å². The number of aryl methyl sites for hydroxylation is 1. The van der Waals surface area contributed by atoms with Crippen molar-refractivity contribution < 1.29 is 5.11 Å². The van der Waals surface area contributed by atoms with Crippen LogP contribution in [0.2, 0.25) is 0 Å². The molecule has 0 radical (unpaired) electrons. The molecule has 3 rings (SSSR count). The van der Waals surface area contributed by atoms with Gasteiger partial charge in [0, 0.05) is 16.6 Å². The van der Waals surface area contributed by atoms with Gasteiger partial charge in [-0.25, -0.2) is 0 Å². The Hall–Kier alpha value is -2.72. The smallest absolute Gasteiger partial charge is 0.115 e. The molecular weight excluding hydrogens is 292 g/mol. The molecule has 1 nitrogen and oxygen atoms in total. The van der Waals surface area contributed by atoms with Gasteiger partial charge in [0.2, 0.25) is 0 Å². The monoisotopic (exact) mass is 314 g/mol. The molecule has 1 N–H and O–H groups in total. The third kappa shape index (κ3) is 3.60. The van der Waals surface area contributed by atoms with Crippen molar-refractivity contribution in [2.75, 3.05) is 0 Å². The van der Waals surface area contributed by atoms with Gasteiger partial charge in [-0.3, -0.25) is 0 Å². The third-order valence-corrected chi connectivity index (χ3v) is 4.62. The maximum Gasteiger partial charge on any atom is 0.115 e. The van der Waals surface area contributed by atoms with E-state index in [-0.39, 0.29) is 5.41 Å². The maximum absolute atomic E-state index is 9.44. The van der Waals surface area contributed by atoms with Crippen LogP contribution in [0, 0.1) is 11.8 Å². The summed E-state index contributed by atoms with van der Waals surface area (Å²) in [6.07, 6.45) is 8.47. The number of rotatable bonds is 2. The molecule has 1 atom stereocenters. The van der Waals surface area contributed by atoms with Gasteiger partial charge < -0.3 is 5.11 Å². The Morgan fingerprint density at radius 1 is 1.00 bits per heavy atom. The lowest BCUT2D eigenvalue weighted by Crippen LogP contribution is -2.19. The molecule has 0 heterocycles. The van der Waals surface area contributed by atoms with Gasteiger partial charge in [0.25, 0.3) is 0 Å². The Balaban J connectivity index is 1.73. The molecule has 0 spiro atoms. The molecule has 1 heteroatoms. The summed E-state index contributed by atoms with van der Waals surface area (Å²) < 4.78 is 0. The van der Waals surface area contributed by atoms with Crippen molar-refractivity contribution in [1.29, 1.82) is 0 Å². The average molecular weight is 314 g/mol. The number of benzene rings is 2. The Morgan fingerprint density at radius 3 is 2.29 bits per heavy atom. The lowest BCUT2D eigenvalue weighted by molar-refractivity contribution is 0.474. The maximum atomic E-state index is 9.44. The van der Waals surface area contributed by atoms with Gasteiger partial charge in [0.1, 0.15) is 5.75 Å². The van der Waals surface area contributed by atoms with Crippen LogP contribution >= 0.6 is 0 Å². The van der Waals surface area contributed by atoms with E-state index in [1.807, 2.05) is 12.1 Å². The predicted octanol–water partition coefficient (Wildman–Crippen LogP) is 5.15. The number of phenols is 1.